The molecule has 2 aromatic heterocycles. The topological polar surface area (TPSA) is 71.1 Å². The second-order valence-electron chi connectivity index (χ2n) is 8.38. The van der Waals surface area contributed by atoms with Crippen molar-refractivity contribution in [3.8, 4) is 11.8 Å². The Kier molecular flexibility index (Phi) is 5.58. The van der Waals surface area contributed by atoms with Gasteiger partial charge in [0.2, 0.25) is 0 Å². The number of hydrogen-bond donors (Lipinski definition) is 1. The molecule has 0 bridgehead atoms. The van der Waals surface area contributed by atoms with Crippen LogP contribution in [0, 0.1) is 0 Å². The number of ether oxygens (including phenoxy) is 1. The van der Waals surface area contributed by atoms with E-state index < -0.39 is 0 Å². The lowest BCUT2D eigenvalue weighted by Gasteiger charge is -2.26. The molecule has 0 amide bonds. The van der Waals surface area contributed by atoms with E-state index in [2.05, 4.69) is 51.2 Å². The summed E-state index contributed by atoms with van der Waals surface area (Å²) >= 11 is 0. The van der Waals surface area contributed by atoms with Crippen molar-refractivity contribution in [2.75, 3.05) is 18.5 Å². The van der Waals surface area contributed by atoms with Crippen molar-refractivity contribution >= 4 is 16.6 Å². The normalized spacial score (nSPS) is 15.7. The van der Waals surface area contributed by atoms with E-state index in [1.54, 1.807) is 18.5 Å². The molecule has 32 heavy (non-hydrogen) atoms. The van der Waals surface area contributed by atoms with Crippen LogP contribution in [0.4, 0.5) is 5.69 Å². The van der Waals surface area contributed by atoms with Crippen LogP contribution in [0.15, 0.2) is 71.8 Å². The Labute approximate surface area is 186 Å². The van der Waals surface area contributed by atoms with Crippen molar-refractivity contribution in [2.45, 2.75) is 31.6 Å². The van der Waals surface area contributed by atoms with Gasteiger partial charge >= 0.3 is 6.01 Å². The third-order valence-corrected chi connectivity index (χ3v) is 6.22. The van der Waals surface area contributed by atoms with E-state index in [1.807, 2.05) is 24.3 Å². The minimum Gasteiger partial charge on any atom is -0.426 e. The van der Waals surface area contributed by atoms with Crippen LogP contribution in [-0.4, -0.2) is 28.5 Å². The average molecular weight is 427 g/mol. The van der Waals surface area contributed by atoms with Gasteiger partial charge in [-0.05, 0) is 60.7 Å². The molecule has 0 saturated heterocycles. The number of hydrogen-bond acceptors (Lipinski definition) is 5. The number of aromatic nitrogens is 3. The number of H-pyrrole nitrogens is 1. The Balaban J connectivity index is 1.30. The number of fused-ring (bicyclic) bond motifs is 2. The molecule has 6 heteroatoms. The van der Waals surface area contributed by atoms with Crippen molar-refractivity contribution in [1.29, 1.82) is 0 Å². The minimum absolute atomic E-state index is 0.159. The largest absolute Gasteiger partial charge is 0.426 e. The predicted molar refractivity (Wildman–Crippen MR) is 127 cm³/mol. The van der Waals surface area contributed by atoms with E-state index in [-0.39, 0.29) is 11.6 Å². The molecule has 162 valence electrons. The molecule has 4 aromatic rings. The Morgan fingerprint density at radius 3 is 2.81 bits per heavy atom. The van der Waals surface area contributed by atoms with Crippen LogP contribution in [0.5, 0.6) is 11.8 Å². The average Bonchev–Trinajstić information content (AvgIpc) is 3.02. The van der Waals surface area contributed by atoms with Gasteiger partial charge in [-0.1, -0.05) is 30.7 Å². The first kappa shape index (κ1) is 20.2. The Morgan fingerprint density at radius 1 is 1.09 bits per heavy atom. The van der Waals surface area contributed by atoms with Crippen LogP contribution in [-0.2, 0) is 6.42 Å². The summed E-state index contributed by atoms with van der Waals surface area (Å²) in [6, 6.07) is 18.6. The van der Waals surface area contributed by atoms with Gasteiger partial charge in [-0.15, -0.1) is 0 Å². The molecule has 6 nitrogen and oxygen atoms in total. The fourth-order valence-corrected chi connectivity index (χ4v) is 4.55. The standard InChI is InChI=1S/C26H26N4O2/c1-30(17-19-8-3-2-6-18-7-4-5-9-22(18)19)20-10-12-21(13-11-20)32-26-28-24-16-27-15-14-23(24)25(31)29-26/h4-5,7,9-16,19H,2-3,6,8,17H2,1H3,(H,28,29,31). The summed E-state index contributed by atoms with van der Waals surface area (Å²) in [4.78, 5) is 25.6. The molecule has 2 heterocycles. The minimum atomic E-state index is -0.243. The number of anilines is 1. The van der Waals surface area contributed by atoms with Crippen LogP contribution < -0.4 is 15.2 Å². The van der Waals surface area contributed by atoms with Crippen molar-refractivity contribution in [2.24, 2.45) is 0 Å². The second-order valence-corrected chi connectivity index (χ2v) is 8.38. The van der Waals surface area contributed by atoms with Crippen molar-refractivity contribution < 1.29 is 4.74 Å². The number of likely N-dealkylation sites (N-methyl/N-ethyl adjacent to an activating group) is 1. The van der Waals surface area contributed by atoms with Gasteiger partial charge in [0.25, 0.3) is 5.56 Å². The maximum atomic E-state index is 12.2. The molecule has 5 rings (SSSR count). The van der Waals surface area contributed by atoms with E-state index in [1.165, 1.54) is 36.8 Å². The first-order valence-electron chi connectivity index (χ1n) is 11.1. The molecular formula is C26H26N4O2. The second kappa shape index (κ2) is 8.83. The molecule has 1 N–H and O–H groups in total. The van der Waals surface area contributed by atoms with Crippen LogP contribution in [0.25, 0.3) is 10.9 Å². The summed E-state index contributed by atoms with van der Waals surface area (Å²) in [5, 5.41) is 0.490. The van der Waals surface area contributed by atoms with Crippen LogP contribution in [0.1, 0.15) is 36.3 Å². The summed E-state index contributed by atoms with van der Waals surface area (Å²) in [5.41, 5.74) is 4.39. The van der Waals surface area contributed by atoms with Crippen LogP contribution >= 0.6 is 0 Å². The lowest BCUT2D eigenvalue weighted by molar-refractivity contribution is 0.442. The molecular weight excluding hydrogens is 400 g/mol. The molecule has 1 atom stereocenters. The summed E-state index contributed by atoms with van der Waals surface area (Å²) in [5.74, 6) is 1.16. The zero-order valence-corrected chi connectivity index (χ0v) is 18.1. The van der Waals surface area contributed by atoms with Crippen molar-refractivity contribution in [1.82, 2.24) is 15.0 Å². The number of aromatic amines is 1. The summed E-state index contributed by atoms with van der Waals surface area (Å²) < 4.78 is 5.80. The van der Waals surface area contributed by atoms with E-state index in [4.69, 9.17) is 4.74 Å². The zero-order chi connectivity index (χ0) is 21.9. The van der Waals surface area contributed by atoms with Gasteiger partial charge in [-0.25, -0.2) is 0 Å². The molecule has 2 aromatic carbocycles. The van der Waals surface area contributed by atoms with E-state index in [0.29, 0.717) is 22.6 Å². The highest BCUT2D eigenvalue weighted by Gasteiger charge is 2.20. The van der Waals surface area contributed by atoms with Gasteiger partial charge in [0.1, 0.15) is 5.75 Å². The SMILES string of the molecule is CN(CC1CCCCc2ccccc21)c1ccc(Oc2nc3cnccc3c(=O)[nH]2)cc1. The maximum absolute atomic E-state index is 12.2. The number of nitrogens with zero attached hydrogens (tertiary/aromatic N) is 3. The fourth-order valence-electron chi connectivity index (χ4n) is 4.55. The molecule has 0 spiro atoms. The molecule has 1 aliphatic carbocycles. The zero-order valence-electron chi connectivity index (χ0n) is 18.1. The lowest BCUT2D eigenvalue weighted by atomic mass is 9.92. The first-order chi connectivity index (χ1) is 15.7. The maximum Gasteiger partial charge on any atom is 0.302 e. The molecule has 0 fully saturated rings. The predicted octanol–water partition coefficient (Wildman–Crippen LogP) is 5.06. The highest BCUT2D eigenvalue weighted by Crippen LogP contribution is 2.32. The van der Waals surface area contributed by atoms with Gasteiger partial charge in [0, 0.05) is 31.4 Å². The Morgan fingerprint density at radius 2 is 1.94 bits per heavy atom. The molecule has 0 aliphatic heterocycles. The monoisotopic (exact) mass is 426 g/mol. The summed E-state index contributed by atoms with van der Waals surface area (Å²) in [6.45, 7) is 0.976. The van der Waals surface area contributed by atoms with E-state index >= 15 is 0 Å². The van der Waals surface area contributed by atoms with E-state index in [9.17, 15) is 4.79 Å². The first-order valence-corrected chi connectivity index (χ1v) is 11.1. The number of nitrogens with one attached hydrogen (secondary N) is 1. The van der Waals surface area contributed by atoms with Gasteiger partial charge in [-0.3, -0.25) is 14.8 Å². The van der Waals surface area contributed by atoms with Gasteiger partial charge in [-0.2, -0.15) is 4.98 Å². The van der Waals surface area contributed by atoms with Crippen molar-refractivity contribution in [3.05, 3.63) is 88.5 Å². The Bertz CT molecular complexity index is 1280. The number of rotatable bonds is 5. The number of pyridine rings is 1. The summed E-state index contributed by atoms with van der Waals surface area (Å²) in [7, 11) is 2.14. The quantitative estimate of drug-likeness (QED) is 0.452. The smallest absolute Gasteiger partial charge is 0.302 e. The van der Waals surface area contributed by atoms with Gasteiger partial charge < -0.3 is 9.64 Å². The van der Waals surface area contributed by atoms with Crippen LogP contribution in [0.3, 0.4) is 0 Å². The number of aryl methyl sites for hydroxylation is 1. The van der Waals surface area contributed by atoms with Crippen molar-refractivity contribution in [3.63, 3.8) is 0 Å². The van der Waals surface area contributed by atoms with E-state index in [0.717, 1.165) is 12.2 Å². The highest BCUT2D eigenvalue weighted by molar-refractivity contribution is 5.76. The summed E-state index contributed by atoms with van der Waals surface area (Å²) in [6.07, 6.45) is 8.07. The molecule has 0 saturated carbocycles. The van der Waals surface area contributed by atoms with Gasteiger partial charge in [0.05, 0.1) is 17.1 Å². The molecule has 1 unspecified atom stereocenters. The number of benzene rings is 2. The lowest BCUT2D eigenvalue weighted by Crippen LogP contribution is -2.24. The third kappa shape index (κ3) is 4.21. The van der Waals surface area contributed by atoms with Gasteiger partial charge in [0.15, 0.2) is 0 Å². The molecule has 0 radical (unpaired) electrons. The Hall–Kier alpha value is -3.67. The fraction of sp³-hybridized carbons (Fsp3) is 0.269. The van der Waals surface area contributed by atoms with Crippen LogP contribution in [0.2, 0.25) is 0 Å². The third-order valence-electron chi connectivity index (χ3n) is 6.22. The highest BCUT2D eigenvalue weighted by atomic mass is 16.5. The molecule has 1 aliphatic rings.